The Balaban J connectivity index is 3.13. The van der Waals surface area contributed by atoms with Gasteiger partial charge in [-0.3, -0.25) is 38.4 Å². The first-order chi connectivity index (χ1) is 23.5. The van der Waals surface area contributed by atoms with Crippen LogP contribution in [0.2, 0.25) is 0 Å². The Morgan fingerprint density at radius 2 is 1.24 bits per heavy atom. The highest BCUT2D eigenvalue weighted by Crippen LogP contribution is 2.33. The summed E-state index contributed by atoms with van der Waals surface area (Å²) in [5, 5.41) is 45.1. The smallest absolute Gasteiger partial charge is 0.322 e. The maximum atomic E-state index is 12.8. The summed E-state index contributed by atoms with van der Waals surface area (Å²) >= 11 is 1.99. The quantitative estimate of drug-likeness (QED) is 0.0380. The summed E-state index contributed by atoms with van der Waals surface area (Å²) in [4.78, 5) is 94.9. The number of hydrogen-bond acceptors (Lipinski definition) is 14. The number of carboxylic acids is 4. The zero-order valence-electron chi connectivity index (χ0n) is 26.8. The number of anilines is 1. The topological polar surface area (TPSA) is 339 Å². The Labute approximate surface area is 294 Å². The van der Waals surface area contributed by atoms with E-state index in [0.717, 1.165) is 23.7 Å². The largest absolute Gasteiger partial charge is 0.494 e. The Hall–Kier alpha value is -4.80. The lowest BCUT2D eigenvalue weighted by molar-refractivity contribution is -0.140. The minimum atomic E-state index is -1.33. The molecular formula is C28H41N7O13S2. The lowest BCUT2D eigenvalue weighted by Crippen LogP contribution is -2.49. The number of thioether (sulfide) groups is 1. The van der Waals surface area contributed by atoms with Crippen molar-refractivity contribution in [1.29, 1.82) is 0 Å². The Kier molecular flexibility index (Phi) is 19.7. The summed E-state index contributed by atoms with van der Waals surface area (Å²) < 4.78 is 8.57. The number of carbonyl (C=O) groups excluding carboxylic acids is 4. The van der Waals surface area contributed by atoms with Crippen LogP contribution in [0.3, 0.4) is 0 Å². The van der Waals surface area contributed by atoms with E-state index < -0.39 is 84.8 Å². The van der Waals surface area contributed by atoms with E-state index in [0.29, 0.717) is 22.9 Å². The van der Waals surface area contributed by atoms with Crippen LogP contribution in [-0.4, -0.2) is 123 Å². The molecule has 0 radical (unpaired) electrons. The van der Waals surface area contributed by atoms with Gasteiger partial charge in [0, 0.05) is 29.2 Å². The molecular weight excluding hydrogens is 706 g/mol. The van der Waals surface area contributed by atoms with Crippen molar-refractivity contribution in [3.63, 3.8) is 0 Å². The van der Waals surface area contributed by atoms with Gasteiger partial charge in [0.05, 0.1) is 12.3 Å². The van der Waals surface area contributed by atoms with Crippen molar-refractivity contribution < 1.29 is 63.5 Å². The first-order valence-electron chi connectivity index (χ1n) is 14.9. The fourth-order valence-electron chi connectivity index (χ4n) is 3.63. The normalized spacial score (nSPS) is 13.0. The third-order valence-electron chi connectivity index (χ3n) is 6.23. The molecule has 0 aliphatic heterocycles. The van der Waals surface area contributed by atoms with E-state index in [2.05, 4.69) is 26.0 Å². The summed E-state index contributed by atoms with van der Waals surface area (Å²) in [5.74, 6) is -8.17. The molecule has 0 aliphatic rings. The monoisotopic (exact) mass is 747 g/mol. The maximum absolute atomic E-state index is 12.8. The van der Waals surface area contributed by atoms with Gasteiger partial charge >= 0.3 is 23.9 Å². The lowest BCUT2D eigenvalue weighted by Gasteiger charge is -2.21. The number of nitrogens with one attached hydrogen (secondary N) is 5. The average molecular weight is 748 g/mol. The molecule has 0 saturated heterocycles. The van der Waals surface area contributed by atoms with Gasteiger partial charge in [-0.05, 0) is 49.9 Å². The van der Waals surface area contributed by atoms with E-state index in [-0.39, 0.29) is 37.2 Å². The fraction of sp³-hybridized carbons (Fsp3) is 0.500. The molecule has 50 heavy (non-hydrogen) atoms. The van der Waals surface area contributed by atoms with Crippen LogP contribution in [0.1, 0.15) is 32.6 Å². The standard InChI is InChI=1S/C28H41N7O13S2/c1-2-48-14-3-6-17(35-50-13-19(26(43)32-11-24(40)41)34-22(37)8-5-16(30)28(46)47)20(9-14)49-12-18(25(42)31-10-23(38)39)33-21(36)7-4-15(29)27(44)45/h3,6,9,15-16,18-19,35H,2,4-5,7-8,10-13,29-30H2,1H3,(H,31,42)(H,32,43)(H,33,36)(H,34,37)(H,38,39)(H,40,41)(H,44,45)(H,46,47)/t15-,16-,18+,19-/m0/s1. The van der Waals surface area contributed by atoms with Gasteiger partial charge in [0.15, 0.2) is 0 Å². The highest BCUT2D eigenvalue weighted by atomic mass is 32.2. The summed E-state index contributed by atoms with van der Waals surface area (Å²) in [5.41, 5.74) is 11.3. The van der Waals surface area contributed by atoms with Crippen LogP contribution in [0, 0.1) is 0 Å². The number of hydrogen-bond donors (Lipinski definition) is 11. The number of rotatable bonds is 25. The van der Waals surface area contributed by atoms with Gasteiger partial charge < -0.3 is 62.6 Å². The second kappa shape index (κ2) is 22.8. The number of aliphatic carboxylic acids is 4. The number of benzene rings is 1. The Morgan fingerprint density at radius 3 is 1.68 bits per heavy atom. The summed E-state index contributed by atoms with van der Waals surface area (Å²) in [6.07, 6.45) is -1.08. The van der Waals surface area contributed by atoms with Crippen LogP contribution in [0.15, 0.2) is 23.1 Å². The number of amides is 4. The van der Waals surface area contributed by atoms with Gasteiger partial charge in [-0.15, -0.1) is 11.8 Å². The second-order valence-corrected chi connectivity index (χ2v) is 12.1. The molecule has 278 valence electrons. The highest BCUT2D eigenvalue weighted by molar-refractivity contribution is 8.01. The van der Waals surface area contributed by atoms with Gasteiger partial charge in [0.2, 0.25) is 23.6 Å². The van der Waals surface area contributed by atoms with Crippen LogP contribution >= 0.6 is 23.7 Å². The number of carboxylic acid groups (broad SMARTS) is 4. The molecule has 22 heteroatoms. The molecule has 1 rings (SSSR count). The number of ether oxygens (including phenoxy) is 1. The molecule has 0 unspecified atom stereocenters. The minimum absolute atomic E-state index is 0.133. The van der Waals surface area contributed by atoms with Crippen LogP contribution in [0.5, 0.6) is 5.75 Å². The Bertz CT molecular complexity index is 1390. The molecule has 0 fully saturated rings. The van der Waals surface area contributed by atoms with Crippen molar-refractivity contribution in [3.05, 3.63) is 18.2 Å². The second-order valence-electron chi connectivity index (χ2n) is 10.2. The number of nitrogens with two attached hydrogens (primary N) is 2. The maximum Gasteiger partial charge on any atom is 0.322 e. The van der Waals surface area contributed by atoms with Crippen LogP contribution in [-0.2, 0) is 38.4 Å². The van der Waals surface area contributed by atoms with E-state index in [1.807, 2.05) is 0 Å². The third kappa shape index (κ3) is 17.6. The molecule has 1 aromatic carbocycles. The van der Waals surface area contributed by atoms with Crippen molar-refractivity contribution in [2.75, 3.05) is 35.9 Å². The molecule has 13 N–H and O–H groups in total. The van der Waals surface area contributed by atoms with E-state index in [4.69, 9.17) is 36.6 Å². The molecule has 0 saturated carbocycles. The molecule has 0 heterocycles. The number of carbonyl (C=O) groups is 8. The van der Waals surface area contributed by atoms with Gasteiger partial charge in [-0.25, -0.2) is 0 Å². The van der Waals surface area contributed by atoms with Crippen molar-refractivity contribution >= 4 is 76.9 Å². The van der Waals surface area contributed by atoms with Crippen LogP contribution < -0.4 is 42.2 Å². The van der Waals surface area contributed by atoms with Crippen molar-refractivity contribution in [3.8, 4) is 5.75 Å². The molecule has 0 aliphatic carbocycles. The van der Waals surface area contributed by atoms with Crippen molar-refractivity contribution in [1.82, 2.24) is 21.3 Å². The lowest BCUT2D eigenvalue weighted by atomic mass is 10.1. The molecule has 0 bridgehead atoms. The molecule has 4 atom stereocenters. The van der Waals surface area contributed by atoms with E-state index >= 15 is 0 Å². The molecule has 1 aromatic rings. The summed E-state index contributed by atoms with van der Waals surface area (Å²) in [6, 6.07) is -0.308. The van der Waals surface area contributed by atoms with Gasteiger partial charge in [0.25, 0.3) is 0 Å². The zero-order chi connectivity index (χ0) is 37.8. The SMILES string of the molecule is CCOc1ccc(NSC[C@H](NC(=O)CC[C@H](N)C(=O)O)C(=O)NCC(=O)O)c(SC[C@@H](NC(=O)CC[C@H](N)C(=O)O)C(=O)NCC(=O)O)c1. The van der Waals surface area contributed by atoms with Crippen LogP contribution in [0.4, 0.5) is 5.69 Å². The van der Waals surface area contributed by atoms with Gasteiger partial charge in [-0.1, -0.05) is 0 Å². The molecule has 4 amide bonds. The van der Waals surface area contributed by atoms with Gasteiger partial charge in [0.1, 0.15) is 43.0 Å². The predicted molar refractivity (Wildman–Crippen MR) is 179 cm³/mol. The minimum Gasteiger partial charge on any atom is -0.494 e. The highest BCUT2D eigenvalue weighted by Gasteiger charge is 2.25. The zero-order valence-corrected chi connectivity index (χ0v) is 28.5. The first-order valence-corrected chi connectivity index (χ1v) is 16.8. The van der Waals surface area contributed by atoms with Crippen LogP contribution in [0.25, 0.3) is 0 Å². The first kappa shape index (κ1) is 43.2. The van der Waals surface area contributed by atoms with Crippen molar-refractivity contribution in [2.45, 2.75) is 61.7 Å². The Morgan fingerprint density at radius 1 is 0.760 bits per heavy atom. The molecule has 20 nitrogen and oxygen atoms in total. The molecule has 0 spiro atoms. The van der Waals surface area contributed by atoms with E-state index in [1.165, 1.54) is 0 Å². The van der Waals surface area contributed by atoms with Gasteiger partial charge in [-0.2, -0.15) is 0 Å². The average Bonchev–Trinajstić information content (AvgIpc) is 3.05. The summed E-state index contributed by atoms with van der Waals surface area (Å²) in [7, 11) is 0. The van der Waals surface area contributed by atoms with E-state index in [1.54, 1.807) is 25.1 Å². The third-order valence-corrected chi connectivity index (χ3v) is 8.25. The predicted octanol–water partition coefficient (Wildman–Crippen LogP) is -2.01. The summed E-state index contributed by atoms with van der Waals surface area (Å²) in [6.45, 7) is 0.608. The van der Waals surface area contributed by atoms with Crippen molar-refractivity contribution in [2.24, 2.45) is 11.5 Å². The molecule has 0 aromatic heterocycles. The van der Waals surface area contributed by atoms with E-state index in [9.17, 15) is 38.4 Å². The fourth-order valence-corrected chi connectivity index (χ4v) is 5.57.